The van der Waals surface area contributed by atoms with Crippen LogP contribution < -0.4 is 10.3 Å². The van der Waals surface area contributed by atoms with Crippen LogP contribution in [0.5, 0.6) is 5.88 Å². The first-order valence-corrected chi connectivity index (χ1v) is 11.5. The van der Waals surface area contributed by atoms with E-state index < -0.39 is 11.2 Å². The van der Waals surface area contributed by atoms with Crippen LogP contribution in [0, 0.1) is 13.8 Å². The molecule has 0 aliphatic heterocycles. The van der Waals surface area contributed by atoms with Crippen LogP contribution >= 0.6 is 23.2 Å². The molecule has 0 spiro atoms. The lowest BCUT2D eigenvalue weighted by molar-refractivity contribution is 0.0688. The second-order valence-corrected chi connectivity index (χ2v) is 9.25. The van der Waals surface area contributed by atoms with Gasteiger partial charge in [0, 0.05) is 17.5 Å². The monoisotopic (exact) mass is 511 g/mol. The Kier molecular flexibility index (Phi) is 6.89. The Balaban J connectivity index is 1.72. The number of pyridine rings is 1. The van der Waals surface area contributed by atoms with Gasteiger partial charge in [0.2, 0.25) is 5.88 Å². The molecule has 35 heavy (non-hydrogen) atoms. The van der Waals surface area contributed by atoms with Gasteiger partial charge in [0.25, 0.3) is 5.56 Å². The maximum absolute atomic E-state index is 13.2. The average Bonchev–Trinajstić information content (AvgIpc) is 2.81. The summed E-state index contributed by atoms with van der Waals surface area (Å²) in [6.07, 6.45) is 1.56. The summed E-state index contributed by atoms with van der Waals surface area (Å²) >= 11 is 12.8. The Morgan fingerprint density at radius 1 is 1.06 bits per heavy atom. The summed E-state index contributed by atoms with van der Waals surface area (Å²) in [7, 11) is 0. The van der Waals surface area contributed by atoms with E-state index in [1.165, 1.54) is 4.57 Å². The molecule has 0 atom stereocenters. The molecule has 0 saturated carbocycles. The van der Waals surface area contributed by atoms with E-state index in [2.05, 4.69) is 19.9 Å². The molecule has 0 aliphatic rings. The Bertz CT molecular complexity index is 1460. The SMILES string of the molecule is Cc1cccc(COc2nc(C)n(-c3cc(-c4ccnc(C(C)(C)O)n4)ccc3Cl)c(=O)c2Cl)n1. The molecule has 0 radical (unpaired) electrons. The highest BCUT2D eigenvalue weighted by molar-refractivity contribution is 6.33. The van der Waals surface area contributed by atoms with E-state index >= 15 is 0 Å². The predicted molar refractivity (Wildman–Crippen MR) is 134 cm³/mol. The average molecular weight is 512 g/mol. The Labute approximate surface area is 212 Å². The minimum atomic E-state index is -1.21. The maximum atomic E-state index is 13.2. The van der Waals surface area contributed by atoms with E-state index in [4.69, 9.17) is 27.9 Å². The highest BCUT2D eigenvalue weighted by Crippen LogP contribution is 2.29. The normalized spacial score (nSPS) is 11.5. The fourth-order valence-corrected chi connectivity index (χ4v) is 3.83. The highest BCUT2D eigenvalue weighted by Gasteiger charge is 2.21. The summed E-state index contributed by atoms with van der Waals surface area (Å²) < 4.78 is 7.03. The Morgan fingerprint density at radius 2 is 1.83 bits per heavy atom. The molecule has 10 heteroatoms. The first kappa shape index (κ1) is 24.8. The van der Waals surface area contributed by atoms with Gasteiger partial charge in [0.05, 0.1) is 22.1 Å². The molecule has 0 saturated heterocycles. The van der Waals surface area contributed by atoms with Gasteiger partial charge in [-0.1, -0.05) is 35.3 Å². The van der Waals surface area contributed by atoms with Crippen LogP contribution in [0.1, 0.15) is 36.9 Å². The van der Waals surface area contributed by atoms with Crippen molar-refractivity contribution in [2.75, 3.05) is 0 Å². The van der Waals surface area contributed by atoms with Crippen LogP contribution in [-0.4, -0.2) is 29.6 Å². The molecule has 4 rings (SSSR count). The minimum absolute atomic E-state index is 0.0200. The third-order valence-corrected chi connectivity index (χ3v) is 5.80. The van der Waals surface area contributed by atoms with Crippen molar-refractivity contribution in [2.24, 2.45) is 0 Å². The van der Waals surface area contributed by atoms with Gasteiger partial charge in [-0.05, 0) is 58.0 Å². The van der Waals surface area contributed by atoms with Crippen molar-refractivity contribution < 1.29 is 9.84 Å². The van der Waals surface area contributed by atoms with E-state index in [0.717, 1.165) is 5.69 Å². The zero-order chi connectivity index (χ0) is 25.3. The lowest BCUT2D eigenvalue weighted by Crippen LogP contribution is -2.24. The summed E-state index contributed by atoms with van der Waals surface area (Å²) in [5.41, 5.74) is 1.43. The second kappa shape index (κ2) is 9.73. The van der Waals surface area contributed by atoms with Gasteiger partial charge in [0.15, 0.2) is 10.8 Å². The Hall–Kier alpha value is -3.33. The molecule has 1 N–H and O–H groups in total. The van der Waals surface area contributed by atoms with Gasteiger partial charge in [-0.3, -0.25) is 14.3 Å². The first-order valence-electron chi connectivity index (χ1n) is 10.8. The molecule has 3 heterocycles. The molecule has 0 aliphatic carbocycles. The minimum Gasteiger partial charge on any atom is -0.470 e. The molecular formula is C25H23Cl2N5O3. The molecule has 0 amide bonds. The largest absolute Gasteiger partial charge is 0.470 e. The topological polar surface area (TPSA) is 103 Å². The van der Waals surface area contributed by atoms with Gasteiger partial charge in [-0.2, -0.15) is 4.98 Å². The number of hydrogen-bond donors (Lipinski definition) is 1. The number of benzene rings is 1. The van der Waals surface area contributed by atoms with Crippen LogP contribution in [0.2, 0.25) is 10.0 Å². The van der Waals surface area contributed by atoms with Crippen molar-refractivity contribution >= 4 is 23.2 Å². The lowest BCUT2D eigenvalue weighted by atomic mass is 10.1. The summed E-state index contributed by atoms with van der Waals surface area (Å²) in [6.45, 7) is 6.87. The molecular weight excluding hydrogens is 489 g/mol. The smallest absolute Gasteiger partial charge is 0.280 e. The second-order valence-electron chi connectivity index (χ2n) is 8.47. The van der Waals surface area contributed by atoms with Crippen LogP contribution in [0.4, 0.5) is 0 Å². The lowest BCUT2D eigenvalue weighted by Gasteiger charge is -2.17. The number of halogens is 2. The number of rotatable bonds is 6. The molecule has 0 unspecified atom stereocenters. The first-order chi connectivity index (χ1) is 16.5. The van der Waals surface area contributed by atoms with Crippen molar-refractivity contribution in [1.29, 1.82) is 0 Å². The number of nitrogens with zero attached hydrogens (tertiary/aromatic N) is 5. The van der Waals surface area contributed by atoms with E-state index in [9.17, 15) is 9.90 Å². The summed E-state index contributed by atoms with van der Waals surface area (Å²) in [5, 5.41) is 10.4. The van der Waals surface area contributed by atoms with Gasteiger partial charge in [0.1, 0.15) is 18.0 Å². The van der Waals surface area contributed by atoms with E-state index in [1.54, 1.807) is 51.2 Å². The molecule has 3 aromatic heterocycles. The fourth-order valence-electron chi connectivity index (χ4n) is 3.44. The number of aryl methyl sites for hydroxylation is 2. The van der Waals surface area contributed by atoms with Gasteiger partial charge >= 0.3 is 0 Å². The molecule has 4 aromatic rings. The van der Waals surface area contributed by atoms with Crippen LogP contribution in [0.15, 0.2) is 53.5 Å². The maximum Gasteiger partial charge on any atom is 0.280 e. The molecule has 180 valence electrons. The molecule has 0 bridgehead atoms. The third-order valence-electron chi connectivity index (χ3n) is 5.15. The number of ether oxygens (including phenoxy) is 1. The summed E-state index contributed by atoms with van der Waals surface area (Å²) in [5.74, 6) is 0.631. The van der Waals surface area contributed by atoms with Crippen molar-refractivity contribution in [3.05, 3.63) is 92.1 Å². The highest BCUT2D eigenvalue weighted by atomic mass is 35.5. The van der Waals surface area contributed by atoms with Crippen molar-refractivity contribution in [2.45, 2.75) is 39.9 Å². The van der Waals surface area contributed by atoms with Crippen molar-refractivity contribution in [1.82, 2.24) is 24.5 Å². The van der Waals surface area contributed by atoms with Gasteiger partial charge < -0.3 is 9.84 Å². The van der Waals surface area contributed by atoms with E-state index in [1.807, 2.05) is 25.1 Å². The van der Waals surface area contributed by atoms with Crippen LogP contribution in [0.3, 0.4) is 0 Å². The Morgan fingerprint density at radius 3 is 2.54 bits per heavy atom. The standard InChI is InChI=1S/C25H23Cl2N5O3/c1-14-6-5-7-17(29-14)13-35-22-21(27)23(33)32(15(2)30-22)20-12-16(8-9-18(20)26)19-10-11-28-24(31-19)25(3,4)34/h5-12,34H,13H2,1-4H3. The zero-order valence-electron chi connectivity index (χ0n) is 19.6. The third kappa shape index (κ3) is 5.35. The summed E-state index contributed by atoms with van der Waals surface area (Å²) in [6, 6.07) is 12.4. The van der Waals surface area contributed by atoms with Crippen molar-refractivity contribution in [3.8, 4) is 22.8 Å². The van der Waals surface area contributed by atoms with Gasteiger partial charge in [-0.15, -0.1) is 0 Å². The van der Waals surface area contributed by atoms with E-state index in [-0.39, 0.29) is 23.3 Å². The summed E-state index contributed by atoms with van der Waals surface area (Å²) in [4.78, 5) is 30.6. The molecule has 8 nitrogen and oxygen atoms in total. The zero-order valence-corrected chi connectivity index (χ0v) is 21.1. The van der Waals surface area contributed by atoms with Gasteiger partial charge in [-0.25, -0.2) is 9.97 Å². The molecule has 0 fully saturated rings. The number of aromatic nitrogens is 5. The predicted octanol–water partition coefficient (Wildman–Crippen LogP) is 4.81. The fraction of sp³-hybridized carbons (Fsp3) is 0.240. The quantitative estimate of drug-likeness (QED) is 0.395. The van der Waals surface area contributed by atoms with Crippen LogP contribution in [0.25, 0.3) is 16.9 Å². The number of hydrogen-bond acceptors (Lipinski definition) is 7. The van der Waals surface area contributed by atoms with Crippen molar-refractivity contribution in [3.63, 3.8) is 0 Å². The number of aliphatic hydroxyl groups is 1. The van der Waals surface area contributed by atoms with Crippen LogP contribution in [-0.2, 0) is 12.2 Å². The molecule has 1 aromatic carbocycles. The van der Waals surface area contributed by atoms with E-state index in [0.29, 0.717) is 33.5 Å².